The maximum atomic E-state index is 2.52. The Morgan fingerprint density at radius 1 is 0.295 bits per heavy atom. The van der Waals surface area contributed by atoms with Gasteiger partial charge in [0, 0.05) is 43.1 Å². The molecule has 0 amide bonds. The first-order valence-corrected chi connectivity index (χ1v) is 15.3. The van der Waals surface area contributed by atoms with Crippen molar-refractivity contribution < 1.29 is 0 Å². The number of hydrogen-bond donors (Lipinski definition) is 0. The summed E-state index contributed by atoms with van der Waals surface area (Å²) in [6, 6.07) is 53.7. The van der Waals surface area contributed by atoms with E-state index in [9.17, 15) is 0 Å². The normalized spacial score (nSPS) is 12.5. The van der Waals surface area contributed by atoms with Crippen molar-refractivity contribution in [1.29, 1.82) is 0 Å². The summed E-state index contributed by atoms with van der Waals surface area (Å²) in [5, 5.41) is 10.5. The second-order valence-corrected chi connectivity index (χ2v) is 12.1. The van der Waals surface area contributed by atoms with Gasteiger partial charge in [-0.25, -0.2) is 0 Å². The topological polar surface area (TPSA) is 8.82 Å². The number of fused-ring (bicyclic) bond motifs is 12. The molecule has 0 saturated heterocycles. The van der Waals surface area contributed by atoms with Crippen molar-refractivity contribution in [2.24, 2.45) is 0 Å². The minimum absolute atomic E-state index is 1.25. The molecular formula is C42H24N2. The highest BCUT2D eigenvalue weighted by Gasteiger charge is 2.24. The zero-order chi connectivity index (χ0) is 28.5. The van der Waals surface area contributed by atoms with Gasteiger partial charge in [0.25, 0.3) is 0 Å². The van der Waals surface area contributed by atoms with Crippen LogP contribution in [0.25, 0.3) is 98.4 Å². The lowest BCUT2D eigenvalue weighted by Gasteiger charge is -2.06. The van der Waals surface area contributed by atoms with Gasteiger partial charge in [0.1, 0.15) is 0 Å². The van der Waals surface area contributed by atoms with Gasteiger partial charge in [-0.15, -0.1) is 0 Å². The van der Waals surface area contributed by atoms with Crippen LogP contribution >= 0.6 is 0 Å². The highest BCUT2D eigenvalue weighted by Crippen LogP contribution is 2.48. The van der Waals surface area contributed by atoms with E-state index < -0.39 is 0 Å². The van der Waals surface area contributed by atoms with Crippen LogP contribution in [0.1, 0.15) is 0 Å². The van der Waals surface area contributed by atoms with Gasteiger partial charge in [0.15, 0.2) is 0 Å². The fraction of sp³-hybridized carbons (Fsp3) is 0. The Kier molecular flexibility index (Phi) is 4.10. The average molecular weight is 557 g/mol. The lowest BCUT2D eigenvalue weighted by molar-refractivity contribution is 1.36. The van der Waals surface area contributed by atoms with Crippen molar-refractivity contribution in [3.8, 4) is 22.3 Å². The van der Waals surface area contributed by atoms with Gasteiger partial charge in [-0.2, -0.15) is 0 Å². The van der Waals surface area contributed by atoms with Crippen LogP contribution in [0.3, 0.4) is 0 Å². The molecule has 0 aliphatic rings. The Hall–Kier alpha value is -5.86. The molecule has 11 rings (SSSR count). The summed E-state index contributed by atoms with van der Waals surface area (Å²) in [7, 11) is 0. The van der Waals surface area contributed by atoms with Crippen LogP contribution in [0.15, 0.2) is 146 Å². The van der Waals surface area contributed by atoms with E-state index in [1.165, 1.54) is 98.4 Å². The Bertz CT molecular complexity index is 2700. The Balaban J connectivity index is 1.35. The number of aromatic nitrogens is 2. The standard InChI is InChI=1S/C42H24N2/c1-3-11-25(12-4-1)27-19-21-29-33-23-38-34(24-37(33)43-35-17-9-7-15-31(35)39(27)41(29)43)30-22-20-28(26-13-5-2-6-14-26)40-32-16-8-10-18-36(32)44(38)42(30)40/h1-24H. The summed E-state index contributed by atoms with van der Waals surface area (Å²) in [5.41, 5.74) is 12.8. The molecule has 0 fully saturated rings. The van der Waals surface area contributed by atoms with Crippen LogP contribution in [-0.4, -0.2) is 8.80 Å². The summed E-state index contributed by atoms with van der Waals surface area (Å²) in [6.07, 6.45) is 0. The second-order valence-electron chi connectivity index (χ2n) is 12.1. The predicted octanol–water partition coefficient (Wildman–Crippen LogP) is 11.3. The van der Waals surface area contributed by atoms with Gasteiger partial charge in [0.05, 0.1) is 33.1 Å². The van der Waals surface area contributed by atoms with Gasteiger partial charge in [-0.1, -0.05) is 121 Å². The van der Waals surface area contributed by atoms with Crippen molar-refractivity contribution in [2.75, 3.05) is 0 Å². The zero-order valence-corrected chi connectivity index (χ0v) is 23.8. The third-order valence-corrected chi connectivity index (χ3v) is 9.98. The maximum absolute atomic E-state index is 2.52. The van der Waals surface area contributed by atoms with Crippen molar-refractivity contribution in [3.05, 3.63) is 146 Å². The highest BCUT2D eigenvalue weighted by atomic mass is 14.9. The van der Waals surface area contributed by atoms with Gasteiger partial charge in [-0.05, 0) is 46.5 Å². The van der Waals surface area contributed by atoms with Crippen LogP contribution in [0, 0.1) is 0 Å². The Labute approximate surface area is 252 Å². The molecule has 0 radical (unpaired) electrons. The molecule has 0 saturated carbocycles. The molecule has 44 heavy (non-hydrogen) atoms. The van der Waals surface area contributed by atoms with E-state index in [-0.39, 0.29) is 0 Å². The van der Waals surface area contributed by atoms with Gasteiger partial charge in [0.2, 0.25) is 0 Å². The molecule has 202 valence electrons. The highest BCUT2D eigenvalue weighted by molar-refractivity contribution is 6.31. The second kappa shape index (κ2) is 7.94. The van der Waals surface area contributed by atoms with Crippen molar-refractivity contribution in [3.63, 3.8) is 0 Å². The number of hydrogen-bond acceptors (Lipinski definition) is 0. The fourth-order valence-corrected chi connectivity index (χ4v) is 8.22. The molecule has 0 aliphatic heterocycles. The summed E-state index contributed by atoms with van der Waals surface area (Å²) in [6.45, 7) is 0. The maximum Gasteiger partial charge on any atom is 0.0626 e. The SMILES string of the molecule is c1ccc(-c2ccc3c4cc5c(cc4n4c6ccccc6c2c34)c2ccc(-c3ccccc3)c3c4ccccc4n5c23)cc1. The molecule has 0 unspecified atom stereocenters. The Morgan fingerprint density at radius 2 is 0.705 bits per heavy atom. The van der Waals surface area contributed by atoms with Gasteiger partial charge < -0.3 is 8.80 Å². The Morgan fingerprint density at radius 3 is 1.16 bits per heavy atom. The van der Waals surface area contributed by atoms with Crippen LogP contribution in [0.4, 0.5) is 0 Å². The number of benzene rings is 7. The quantitative estimate of drug-likeness (QED) is 0.200. The van der Waals surface area contributed by atoms with E-state index in [0.717, 1.165) is 0 Å². The van der Waals surface area contributed by atoms with Crippen molar-refractivity contribution >= 4 is 76.2 Å². The first-order valence-electron chi connectivity index (χ1n) is 15.3. The average Bonchev–Trinajstić information content (AvgIpc) is 3.81. The molecule has 0 N–H and O–H groups in total. The largest absolute Gasteiger partial charge is 0.308 e. The van der Waals surface area contributed by atoms with Gasteiger partial charge in [-0.3, -0.25) is 0 Å². The van der Waals surface area contributed by atoms with E-state index in [4.69, 9.17) is 0 Å². The smallest absolute Gasteiger partial charge is 0.0626 e. The van der Waals surface area contributed by atoms with Crippen LogP contribution in [-0.2, 0) is 0 Å². The third kappa shape index (κ3) is 2.63. The molecule has 4 aromatic heterocycles. The van der Waals surface area contributed by atoms with Crippen molar-refractivity contribution in [2.45, 2.75) is 0 Å². The number of nitrogens with zero attached hydrogens (tertiary/aromatic N) is 2. The first-order chi connectivity index (χ1) is 21.9. The summed E-state index contributed by atoms with van der Waals surface area (Å²) < 4.78 is 5.03. The molecule has 2 heteroatoms. The molecule has 11 aromatic rings. The monoisotopic (exact) mass is 556 g/mol. The number of rotatable bonds is 2. The molecule has 7 aromatic carbocycles. The fourth-order valence-electron chi connectivity index (χ4n) is 8.22. The summed E-state index contributed by atoms with van der Waals surface area (Å²) in [5.74, 6) is 0. The van der Waals surface area contributed by atoms with Crippen LogP contribution < -0.4 is 0 Å². The van der Waals surface area contributed by atoms with Crippen molar-refractivity contribution in [1.82, 2.24) is 8.80 Å². The molecule has 4 heterocycles. The van der Waals surface area contributed by atoms with E-state index in [0.29, 0.717) is 0 Å². The molecule has 0 aliphatic carbocycles. The minimum Gasteiger partial charge on any atom is -0.308 e. The van der Waals surface area contributed by atoms with Crippen LogP contribution in [0.5, 0.6) is 0 Å². The van der Waals surface area contributed by atoms with E-state index in [1.54, 1.807) is 0 Å². The molecule has 0 spiro atoms. The molecular weight excluding hydrogens is 532 g/mol. The van der Waals surface area contributed by atoms with Crippen LogP contribution in [0.2, 0.25) is 0 Å². The predicted molar refractivity (Wildman–Crippen MR) is 187 cm³/mol. The van der Waals surface area contributed by atoms with E-state index in [2.05, 4.69) is 154 Å². The molecule has 2 nitrogen and oxygen atoms in total. The summed E-state index contributed by atoms with van der Waals surface area (Å²) in [4.78, 5) is 0. The molecule has 0 atom stereocenters. The lowest BCUT2D eigenvalue weighted by Crippen LogP contribution is -1.82. The minimum atomic E-state index is 1.25. The first kappa shape index (κ1) is 22.7. The third-order valence-electron chi connectivity index (χ3n) is 9.98. The summed E-state index contributed by atoms with van der Waals surface area (Å²) >= 11 is 0. The van der Waals surface area contributed by atoms with Gasteiger partial charge >= 0.3 is 0 Å². The van der Waals surface area contributed by atoms with E-state index >= 15 is 0 Å². The zero-order valence-electron chi connectivity index (χ0n) is 23.8. The molecule has 0 bridgehead atoms. The number of para-hydroxylation sites is 2. The lowest BCUT2D eigenvalue weighted by atomic mass is 9.96. The van der Waals surface area contributed by atoms with E-state index in [1.807, 2.05) is 0 Å².